The highest BCUT2D eigenvalue weighted by molar-refractivity contribution is 7.91. The molecule has 1 aromatic carbocycles. The summed E-state index contributed by atoms with van der Waals surface area (Å²) in [5, 5.41) is 0. The molecule has 2 fully saturated rings. The molecule has 20 heavy (non-hydrogen) atoms. The summed E-state index contributed by atoms with van der Waals surface area (Å²) in [7, 11) is -3.12. The van der Waals surface area contributed by atoms with Gasteiger partial charge in [-0.3, -0.25) is 0 Å². The van der Waals surface area contributed by atoms with E-state index in [-0.39, 0.29) is 17.1 Å². The summed E-state index contributed by atoms with van der Waals surface area (Å²) in [4.78, 5) is 0.553. The Balaban J connectivity index is 1.84. The molecule has 2 saturated carbocycles. The summed E-state index contributed by atoms with van der Waals surface area (Å²) < 4.78 is 24.9. The summed E-state index contributed by atoms with van der Waals surface area (Å²) in [6.07, 6.45) is 4.92. The third kappa shape index (κ3) is 1.59. The van der Waals surface area contributed by atoms with E-state index in [4.69, 9.17) is 11.6 Å². The first kappa shape index (κ1) is 13.1. The summed E-state index contributed by atoms with van der Waals surface area (Å²) >= 11 is 6.40. The van der Waals surface area contributed by atoms with E-state index in [1.165, 1.54) is 19.3 Å². The molecular weight excluding hydrogens is 292 g/mol. The molecule has 2 bridgehead atoms. The monoisotopic (exact) mass is 310 g/mol. The minimum Gasteiger partial charge on any atom is -0.224 e. The van der Waals surface area contributed by atoms with Crippen LogP contribution in [0.3, 0.4) is 0 Å². The molecule has 108 valence electrons. The average Bonchev–Trinajstić information content (AvgIpc) is 3.11. The predicted octanol–water partition coefficient (Wildman–Crippen LogP) is 3.60. The molecule has 1 aliphatic heterocycles. The summed E-state index contributed by atoms with van der Waals surface area (Å²) in [5.74, 6) is 2.37. The van der Waals surface area contributed by atoms with Gasteiger partial charge < -0.3 is 0 Å². The normalized spacial score (nSPS) is 41.0. The van der Waals surface area contributed by atoms with Gasteiger partial charge in [0.25, 0.3) is 0 Å². The Morgan fingerprint density at radius 3 is 2.70 bits per heavy atom. The van der Waals surface area contributed by atoms with Crippen molar-refractivity contribution in [2.75, 3.05) is 11.6 Å². The third-order valence-corrected chi connectivity index (χ3v) is 8.29. The van der Waals surface area contributed by atoms with Gasteiger partial charge in [0, 0.05) is 11.8 Å². The number of rotatable bonds is 2. The van der Waals surface area contributed by atoms with Crippen molar-refractivity contribution in [3.63, 3.8) is 0 Å². The zero-order chi connectivity index (χ0) is 14.0. The molecule has 0 radical (unpaired) electrons. The second-order valence-electron chi connectivity index (χ2n) is 6.82. The lowest BCUT2D eigenvalue weighted by Gasteiger charge is -2.41. The lowest BCUT2D eigenvalue weighted by Crippen LogP contribution is -2.37. The molecule has 2 nitrogen and oxygen atoms in total. The SMILES string of the molecule is O=S1(=O)CC(C2(CCl)CC3CCC2C3)c2ccccc21. The van der Waals surface area contributed by atoms with Crippen molar-refractivity contribution >= 4 is 21.4 Å². The quantitative estimate of drug-likeness (QED) is 0.782. The Kier molecular flexibility index (Phi) is 2.78. The largest absolute Gasteiger partial charge is 0.224 e. The molecule has 4 rings (SSSR count). The van der Waals surface area contributed by atoms with E-state index in [0.717, 1.165) is 17.9 Å². The number of alkyl halides is 1. The highest BCUT2D eigenvalue weighted by Crippen LogP contribution is 2.64. The Morgan fingerprint density at radius 1 is 1.25 bits per heavy atom. The molecule has 2 aliphatic carbocycles. The van der Waals surface area contributed by atoms with E-state index < -0.39 is 9.84 Å². The predicted molar refractivity (Wildman–Crippen MR) is 79.8 cm³/mol. The minimum atomic E-state index is -3.12. The van der Waals surface area contributed by atoms with Crippen LogP contribution < -0.4 is 0 Å². The van der Waals surface area contributed by atoms with Crippen LogP contribution in [0.2, 0.25) is 0 Å². The minimum absolute atomic E-state index is 0.0180. The zero-order valence-electron chi connectivity index (χ0n) is 11.4. The number of hydrogen-bond donors (Lipinski definition) is 0. The lowest BCUT2D eigenvalue weighted by atomic mass is 9.64. The molecule has 1 aromatic rings. The first-order valence-electron chi connectivity index (χ1n) is 7.44. The van der Waals surface area contributed by atoms with Gasteiger partial charge >= 0.3 is 0 Å². The Hall–Kier alpha value is -0.540. The van der Waals surface area contributed by atoms with Crippen LogP contribution in [0.4, 0.5) is 0 Å². The first-order valence-corrected chi connectivity index (χ1v) is 9.63. The van der Waals surface area contributed by atoms with Crippen LogP contribution in [0.5, 0.6) is 0 Å². The first-order chi connectivity index (χ1) is 9.57. The van der Waals surface area contributed by atoms with Crippen molar-refractivity contribution in [3.05, 3.63) is 29.8 Å². The smallest absolute Gasteiger partial charge is 0.179 e. The van der Waals surface area contributed by atoms with Gasteiger partial charge in [0.05, 0.1) is 10.6 Å². The van der Waals surface area contributed by atoms with Crippen molar-refractivity contribution in [3.8, 4) is 0 Å². The van der Waals surface area contributed by atoms with E-state index in [2.05, 4.69) is 0 Å². The fourth-order valence-corrected chi connectivity index (χ4v) is 7.60. The maximum atomic E-state index is 12.4. The van der Waals surface area contributed by atoms with E-state index in [9.17, 15) is 8.42 Å². The zero-order valence-corrected chi connectivity index (χ0v) is 13.0. The number of benzene rings is 1. The van der Waals surface area contributed by atoms with Crippen LogP contribution in [0, 0.1) is 17.3 Å². The average molecular weight is 311 g/mol. The van der Waals surface area contributed by atoms with Crippen LogP contribution in [0.15, 0.2) is 29.2 Å². The van der Waals surface area contributed by atoms with Gasteiger partial charge in [-0.2, -0.15) is 0 Å². The molecule has 4 atom stereocenters. The van der Waals surface area contributed by atoms with Gasteiger partial charge in [-0.25, -0.2) is 8.42 Å². The Bertz CT molecular complexity index is 654. The van der Waals surface area contributed by atoms with Crippen LogP contribution in [0.25, 0.3) is 0 Å². The fourth-order valence-electron chi connectivity index (χ4n) is 5.10. The van der Waals surface area contributed by atoms with Gasteiger partial charge in [-0.05, 0) is 48.1 Å². The van der Waals surface area contributed by atoms with E-state index in [1.54, 1.807) is 6.07 Å². The maximum Gasteiger partial charge on any atom is 0.179 e. The highest BCUT2D eigenvalue weighted by atomic mass is 35.5. The molecule has 4 unspecified atom stereocenters. The number of fused-ring (bicyclic) bond motifs is 3. The summed E-state index contributed by atoms with van der Waals surface area (Å²) in [6.45, 7) is 0. The van der Waals surface area contributed by atoms with Gasteiger partial charge in [-0.1, -0.05) is 24.6 Å². The highest BCUT2D eigenvalue weighted by Gasteiger charge is 2.57. The summed E-state index contributed by atoms with van der Waals surface area (Å²) in [6, 6.07) is 7.55. The van der Waals surface area contributed by atoms with Crippen molar-refractivity contribution in [2.24, 2.45) is 17.3 Å². The van der Waals surface area contributed by atoms with Gasteiger partial charge in [0.1, 0.15) is 0 Å². The van der Waals surface area contributed by atoms with Gasteiger partial charge in [0.15, 0.2) is 9.84 Å². The number of sulfone groups is 1. The van der Waals surface area contributed by atoms with Crippen molar-refractivity contribution in [2.45, 2.75) is 36.5 Å². The van der Waals surface area contributed by atoms with E-state index >= 15 is 0 Å². The topological polar surface area (TPSA) is 34.1 Å². The van der Waals surface area contributed by atoms with Crippen LogP contribution >= 0.6 is 11.6 Å². The van der Waals surface area contributed by atoms with E-state index in [0.29, 0.717) is 16.7 Å². The molecule has 0 amide bonds. The Morgan fingerprint density at radius 2 is 2.05 bits per heavy atom. The molecule has 1 heterocycles. The van der Waals surface area contributed by atoms with Gasteiger partial charge in [0.2, 0.25) is 0 Å². The van der Waals surface area contributed by atoms with Crippen LogP contribution in [0.1, 0.15) is 37.2 Å². The van der Waals surface area contributed by atoms with Crippen LogP contribution in [-0.4, -0.2) is 20.1 Å². The van der Waals surface area contributed by atoms with Crippen molar-refractivity contribution in [1.29, 1.82) is 0 Å². The second-order valence-corrected chi connectivity index (χ2v) is 9.09. The number of halogens is 1. The fraction of sp³-hybridized carbons (Fsp3) is 0.625. The van der Waals surface area contributed by atoms with Crippen LogP contribution in [-0.2, 0) is 9.84 Å². The summed E-state index contributed by atoms with van der Waals surface area (Å²) in [5.41, 5.74) is 1.05. The second kappa shape index (κ2) is 4.23. The van der Waals surface area contributed by atoms with Gasteiger partial charge in [-0.15, -0.1) is 11.6 Å². The lowest BCUT2D eigenvalue weighted by molar-refractivity contribution is 0.159. The molecule has 0 N–H and O–H groups in total. The Labute approximate surface area is 125 Å². The third-order valence-electron chi connectivity index (χ3n) is 5.98. The number of hydrogen-bond acceptors (Lipinski definition) is 2. The van der Waals surface area contributed by atoms with Crippen molar-refractivity contribution < 1.29 is 8.42 Å². The van der Waals surface area contributed by atoms with E-state index in [1.807, 2.05) is 18.2 Å². The molecule has 0 spiro atoms. The molecule has 0 saturated heterocycles. The molecule has 3 aliphatic rings. The molecule has 0 aromatic heterocycles. The van der Waals surface area contributed by atoms with Crippen molar-refractivity contribution in [1.82, 2.24) is 0 Å². The maximum absolute atomic E-state index is 12.4. The standard InChI is InChI=1S/C16H19ClO2S/c17-10-16(8-11-5-6-12(16)7-11)14-9-20(18,19)15-4-2-1-3-13(14)15/h1-4,11-12,14H,5-10H2. The molecular formula is C16H19ClO2S. The molecule has 4 heteroatoms.